The van der Waals surface area contributed by atoms with Gasteiger partial charge in [0.15, 0.2) is 0 Å². The van der Waals surface area contributed by atoms with E-state index in [4.69, 9.17) is 4.74 Å². The Balaban J connectivity index is 1.38. The summed E-state index contributed by atoms with van der Waals surface area (Å²) in [7, 11) is 0. The van der Waals surface area contributed by atoms with Crippen LogP contribution in [-0.4, -0.2) is 35.2 Å². The molecule has 3 aromatic carbocycles. The maximum atomic E-state index is 12.7. The van der Waals surface area contributed by atoms with Gasteiger partial charge in [0, 0.05) is 18.0 Å². The van der Waals surface area contributed by atoms with Crippen molar-refractivity contribution in [2.24, 2.45) is 0 Å². The van der Waals surface area contributed by atoms with Gasteiger partial charge in [0.2, 0.25) is 5.91 Å². The fourth-order valence-corrected chi connectivity index (χ4v) is 4.32. The molecule has 7 nitrogen and oxygen atoms in total. The van der Waals surface area contributed by atoms with Gasteiger partial charge in [-0.25, -0.2) is 9.59 Å². The molecule has 3 N–H and O–H groups in total. The predicted octanol–water partition coefficient (Wildman–Crippen LogP) is 4.96. The maximum absolute atomic E-state index is 12.7. The summed E-state index contributed by atoms with van der Waals surface area (Å²) in [5.41, 5.74) is 4.54. The van der Waals surface area contributed by atoms with Crippen molar-refractivity contribution in [1.29, 1.82) is 0 Å². The molecule has 0 unspecified atom stereocenters. The zero-order valence-electron chi connectivity index (χ0n) is 19.7. The number of carbonyl (C=O) groups is 3. The normalized spacial score (nSPS) is 12.4. The largest absolute Gasteiger partial charge is 0.480 e. The zero-order valence-corrected chi connectivity index (χ0v) is 19.7. The molecule has 1 aliphatic carbocycles. The molecule has 0 saturated heterocycles. The summed E-state index contributed by atoms with van der Waals surface area (Å²) in [4.78, 5) is 36.1. The summed E-state index contributed by atoms with van der Waals surface area (Å²) in [6, 6.07) is 23.4. The van der Waals surface area contributed by atoms with Crippen LogP contribution in [-0.2, 0) is 20.7 Å². The van der Waals surface area contributed by atoms with Crippen molar-refractivity contribution < 1.29 is 24.2 Å². The Kier molecular flexibility index (Phi) is 6.87. The van der Waals surface area contributed by atoms with Crippen LogP contribution in [0.3, 0.4) is 0 Å². The maximum Gasteiger partial charge on any atom is 0.411 e. The molecular formula is C28H28N2O5. The Bertz CT molecular complexity index is 1220. The van der Waals surface area contributed by atoms with Gasteiger partial charge in [0.1, 0.15) is 12.1 Å². The van der Waals surface area contributed by atoms with Gasteiger partial charge in [-0.15, -0.1) is 0 Å². The summed E-state index contributed by atoms with van der Waals surface area (Å²) in [5, 5.41) is 14.5. The van der Waals surface area contributed by atoms with Crippen molar-refractivity contribution in [1.82, 2.24) is 5.32 Å². The summed E-state index contributed by atoms with van der Waals surface area (Å²) >= 11 is 0. The van der Waals surface area contributed by atoms with E-state index >= 15 is 0 Å². The smallest absolute Gasteiger partial charge is 0.411 e. The van der Waals surface area contributed by atoms with Gasteiger partial charge in [0.05, 0.1) is 0 Å². The van der Waals surface area contributed by atoms with Gasteiger partial charge in [0.25, 0.3) is 0 Å². The fourth-order valence-electron chi connectivity index (χ4n) is 4.32. The van der Waals surface area contributed by atoms with Crippen LogP contribution in [0.15, 0.2) is 72.8 Å². The van der Waals surface area contributed by atoms with Crippen molar-refractivity contribution in [3.8, 4) is 11.1 Å². The number of anilines is 1. The second-order valence-electron chi connectivity index (χ2n) is 9.09. The number of aryl methyl sites for hydroxylation is 1. The quantitative estimate of drug-likeness (QED) is 0.430. The van der Waals surface area contributed by atoms with Crippen LogP contribution >= 0.6 is 0 Å². The number of aliphatic carboxylic acids is 1. The summed E-state index contributed by atoms with van der Waals surface area (Å²) in [5.74, 6) is -1.53. The van der Waals surface area contributed by atoms with Gasteiger partial charge < -0.3 is 15.2 Å². The molecule has 0 aliphatic heterocycles. The zero-order chi connectivity index (χ0) is 25.0. The number of benzene rings is 3. The average Bonchev–Trinajstić information content (AvgIpc) is 3.15. The number of fused-ring (bicyclic) bond motifs is 3. The van der Waals surface area contributed by atoms with Gasteiger partial charge >= 0.3 is 12.1 Å². The summed E-state index contributed by atoms with van der Waals surface area (Å²) < 4.78 is 5.62. The summed E-state index contributed by atoms with van der Waals surface area (Å²) in [6.07, 6.45) is -0.155. The van der Waals surface area contributed by atoms with Crippen LogP contribution in [0, 0.1) is 0 Å². The summed E-state index contributed by atoms with van der Waals surface area (Å²) in [6.45, 7) is 3.06. The Morgan fingerprint density at radius 2 is 1.46 bits per heavy atom. The average molecular weight is 473 g/mol. The first-order valence-electron chi connectivity index (χ1n) is 11.5. The Morgan fingerprint density at radius 1 is 0.886 bits per heavy atom. The van der Waals surface area contributed by atoms with Crippen LogP contribution in [0.25, 0.3) is 11.1 Å². The van der Waals surface area contributed by atoms with E-state index in [1.54, 1.807) is 12.1 Å². The lowest BCUT2D eigenvalue weighted by Gasteiger charge is -2.21. The van der Waals surface area contributed by atoms with Crippen molar-refractivity contribution in [3.05, 3.63) is 89.5 Å². The van der Waals surface area contributed by atoms with E-state index in [0.29, 0.717) is 12.1 Å². The molecular weight excluding hydrogens is 444 g/mol. The highest BCUT2D eigenvalue weighted by atomic mass is 16.5. The lowest BCUT2D eigenvalue weighted by molar-refractivity contribution is -0.146. The van der Waals surface area contributed by atoms with Crippen molar-refractivity contribution >= 4 is 23.7 Å². The first kappa shape index (κ1) is 24.0. The van der Waals surface area contributed by atoms with E-state index in [9.17, 15) is 19.5 Å². The SMILES string of the molecule is CC(C)(NC(=O)CCc1ccccc1NC(=O)OCC1c2ccccc2-c2ccccc21)C(=O)O. The minimum absolute atomic E-state index is 0.0373. The van der Waals surface area contributed by atoms with Crippen molar-refractivity contribution in [2.45, 2.75) is 38.1 Å². The monoisotopic (exact) mass is 472 g/mol. The molecule has 0 spiro atoms. The fraction of sp³-hybridized carbons (Fsp3) is 0.250. The first-order chi connectivity index (χ1) is 16.8. The van der Waals surface area contributed by atoms with Crippen molar-refractivity contribution in [2.75, 3.05) is 11.9 Å². The number of para-hydroxylation sites is 1. The molecule has 35 heavy (non-hydrogen) atoms. The molecule has 0 heterocycles. The highest BCUT2D eigenvalue weighted by molar-refractivity contribution is 5.88. The number of nitrogens with one attached hydrogen (secondary N) is 2. The Hall–Kier alpha value is -4.13. The van der Waals surface area contributed by atoms with Crippen LogP contribution in [0.1, 0.15) is 42.9 Å². The molecule has 3 aromatic rings. The third-order valence-electron chi connectivity index (χ3n) is 6.21. The van der Waals surface area contributed by atoms with E-state index in [1.165, 1.54) is 13.8 Å². The molecule has 0 saturated carbocycles. The van der Waals surface area contributed by atoms with Crippen LogP contribution in [0.2, 0.25) is 0 Å². The first-order valence-corrected chi connectivity index (χ1v) is 11.5. The number of rotatable bonds is 8. The second kappa shape index (κ2) is 10.0. The minimum Gasteiger partial charge on any atom is -0.480 e. The highest BCUT2D eigenvalue weighted by Gasteiger charge is 2.30. The number of carboxylic acid groups (broad SMARTS) is 1. The molecule has 1 aliphatic rings. The molecule has 2 amide bonds. The van der Waals surface area contributed by atoms with Crippen LogP contribution in [0.4, 0.5) is 10.5 Å². The molecule has 0 fully saturated rings. The molecule has 4 rings (SSSR count). The van der Waals surface area contributed by atoms with E-state index in [1.807, 2.05) is 36.4 Å². The lowest BCUT2D eigenvalue weighted by Crippen LogP contribution is -2.49. The van der Waals surface area contributed by atoms with E-state index < -0.39 is 17.6 Å². The molecule has 180 valence electrons. The van der Waals surface area contributed by atoms with Gasteiger partial charge in [-0.3, -0.25) is 10.1 Å². The number of ether oxygens (including phenoxy) is 1. The minimum atomic E-state index is -1.35. The van der Waals surface area contributed by atoms with Crippen LogP contribution in [0.5, 0.6) is 0 Å². The third-order valence-corrected chi connectivity index (χ3v) is 6.21. The molecule has 0 atom stereocenters. The number of carboxylic acids is 1. The Morgan fingerprint density at radius 3 is 2.09 bits per heavy atom. The number of carbonyl (C=O) groups excluding carboxylic acids is 2. The van der Waals surface area contributed by atoms with Gasteiger partial charge in [-0.1, -0.05) is 66.7 Å². The van der Waals surface area contributed by atoms with E-state index in [2.05, 4.69) is 34.9 Å². The third kappa shape index (κ3) is 5.35. The molecule has 0 aromatic heterocycles. The van der Waals surface area contributed by atoms with Crippen molar-refractivity contribution in [3.63, 3.8) is 0 Å². The molecule has 0 radical (unpaired) electrons. The van der Waals surface area contributed by atoms with E-state index in [-0.39, 0.29) is 24.9 Å². The Labute approximate surface area is 204 Å². The number of hydrogen-bond donors (Lipinski definition) is 3. The molecule has 7 heteroatoms. The van der Waals surface area contributed by atoms with Crippen LogP contribution < -0.4 is 10.6 Å². The van der Waals surface area contributed by atoms with Gasteiger partial charge in [-0.2, -0.15) is 0 Å². The lowest BCUT2D eigenvalue weighted by atomic mass is 9.98. The van der Waals surface area contributed by atoms with Gasteiger partial charge in [-0.05, 0) is 54.2 Å². The topological polar surface area (TPSA) is 105 Å². The van der Waals surface area contributed by atoms with E-state index in [0.717, 1.165) is 27.8 Å². The molecule has 0 bridgehead atoms. The standard InChI is InChI=1S/C28H28N2O5/c1-28(2,26(32)33)30-25(31)16-15-18-9-3-8-14-24(18)29-27(34)35-17-23-21-12-6-4-10-19(21)20-11-5-7-13-22(20)23/h3-14,23H,15-17H2,1-2H3,(H,29,34)(H,30,31)(H,32,33). The number of hydrogen-bond acceptors (Lipinski definition) is 4. The highest BCUT2D eigenvalue weighted by Crippen LogP contribution is 2.44. The number of amides is 2. The predicted molar refractivity (Wildman–Crippen MR) is 133 cm³/mol. The second-order valence-corrected chi connectivity index (χ2v) is 9.09.